The van der Waals surface area contributed by atoms with E-state index >= 15 is 0 Å². The van der Waals surface area contributed by atoms with Crippen molar-refractivity contribution in [1.82, 2.24) is 0 Å². The Morgan fingerprint density at radius 1 is 1.13 bits per heavy atom. The fourth-order valence-electron chi connectivity index (χ4n) is 3.02. The van der Waals surface area contributed by atoms with Gasteiger partial charge in [-0.1, -0.05) is 6.07 Å². The van der Waals surface area contributed by atoms with Crippen LogP contribution in [0.1, 0.15) is 41.2 Å². The van der Waals surface area contributed by atoms with Crippen LogP contribution in [-0.2, 0) is 36.9 Å². The number of hydrogen-bond donors (Lipinski definition) is 0. The van der Waals surface area contributed by atoms with Crippen molar-refractivity contribution in [3.05, 3.63) is 33.9 Å². The van der Waals surface area contributed by atoms with Gasteiger partial charge in [0.05, 0.1) is 0 Å². The molecule has 0 aliphatic heterocycles. The minimum Gasteiger partial charge on any atom is -0.300 e. The first kappa shape index (κ1) is 9.14. The lowest BCUT2D eigenvalue weighted by atomic mass is 9.79. The number of hydrogen-bond acceptors (Lipinski definition) is 1. The van der Waals surface area contributed by atoms with Crippen LogP contribution in [0.15, 0.2) is 6.07 Å². The number of benzene rings is 1. The third-order valence-electron chi connectivity index (χ3n) is 3.80. The second-order valence-electron chi connectivity index (χ2n) is 4.86. The van der Waals surface area contributed by atoms with E-state index in [4.69, 9.17) is 0 Å². The minimum absolute atomic E-state index is 0.310. The fourth-order valence-corrected chi connectivity index (χ4v) is 3.02. The number of fused-ring (bicyclic) bond motifs is 2. The first-order chi connectivity index (χ1) is 7.25. The summed E-state index contributed by atoms with van der Waals surface area (Å²) in [6.45, 7) is 1.71. The van der Waals surface area contributed by atoms with Gasteiger partial charge in [0.2, 0.25) is 0 Å². The molecule has 2 aliphatic rings. The Morgan fingerprint density at radius 3 is 2.53 bits per heavy atom. The summed E-state index contributed by atoms with van der Waals surface area (Å²) in [5.41, 5.74) is 7.48. The summed E-state index contributed by atoms with van der Waals surface area (Å²) in [4.78, 5) is 11.3. The Kier molecular flexibility index (Phi) is 1.95. The lowest BCUT2D eigenvalue weighted by Crippen LogP contribution is -2.16. The molecule has 15 heavy (non-hydrogen) atoms. The van der Waals surface area contributed by atoms with Gasteiger partial charge in [0.1, 0.15) is 5.78 Å². The predicted molar refractivity (Wildman–Crippen MR) is 60.3 cm³/mol. The lowest BCUT2D eigenvalue weighted by Gasteiger charge is -2.25. The molecule has 0 heterocycles. The Bertz CT molecular complexity index is 443. The molecule has 0 radical (unpaired) electrons. The number of ketones is 1. The van der Waals surface area contributed by atoms with Crippen molar-refractivity contribution in [2.45, 2.75) is 45.4 Å². The van der Waals surface area contributed by atoms with Crippen LogP contribution in [0.3, 0.4) is 0 Å². The van der Waals surface area contributed by atoms with Crippen molar-refractivity contribution >= 4 is 5.78 Å². The highest BCUT2D eigenvalue weighted by molar-refractivity contribution is 5.79. The zero-order valence-corrected chi connectivity index (χ0v) is 9.23. The van der Waals surface area contributed by atoms with E-state index < -0.39 is 0 Å². The van der Waals surface area contributed by atoms with Crippen molar-refractivity contribution in [2.24, 2.45) is 0 Å². The second-order valence-corrected chi connectivity index (χ2v) is 4.86. The molecule has 0 unspecified atom stereocenters. The molecule has 1 nitrogen and oxygen atoms in total. The fraction of sp³-hybridized carbons (Fsp3) is 0.500. The molecule has 0 spiro atoms. The van der Waals surface area contributed by atoms with Gasteiger partial charge in [-0.25, -0.2) is 0 Å². The number of carbonyl (C=O) groups excluding carboxylic acids is 1. The number of aryl methyl sites for hydroxylation is 2. The molecule has 0 N–H and O–H groups in total. The summed E-state index contributed by atoms with van der Waals surface area (Å²) in [5, 5.41) is 0. The average Bonchev–Trinajstić information content (AvgIpc) is 2.57. The average molecular weight is 200 g/mol. The molecule has 0 saturated carbocycles. The normalized spacial score (nSPS) is 16.9. The topological polar surface area (TPSA) is 17.1 Å². The van der Waals surface area contributed by atoms with E-state index in [0.29, 0.717) is 12.2 Å². The summed E-state index contributed by atoms with van der Waals surface area (Å²) in [5.74, 6) is 0.310. The van der Waals surface area contributed by atoms with E-state index in [9.17, 15) is 4.79 Å². The lowest BCUT2D eigenvalue weighted by molar-refractivity contribution is -0.116. The van der Waals surface area contributed by atoms with E-state index in [0.717, 1.165) is 0 Å². The first-order valence-electron chi connectivity index (χ1n) is 5.90. The molecule has 0 atom stereocenters. The molecule has 1 aromatic carbocycles. The van der Waals surface area contributed by atoms with Crippen LogP contribution in [0.4, 0.5) is 0 Å². The maximum atomic E-state index is 11.3. The van der Waals surface area contributed by atoms with Crippen LogP contribution in [0.5, 0.6) is 0 Å². The van der Waals surface area contributed by atoms with Crippen LogP contribution in [0, 0.1) is 0 Å². The number of carbonyl (C=O) groups is 1. The van der Waals surface area contributed by atoms with Crippen molar-refractivity contribution in [2.75, 3.05) is 0 Å². The van der Waals surface area contributed by atoms with Gasteiger partial charge in [0.25, 0.3) is 0 Å². The zero-order valence-electron chi connectivity index (χ0n) is 9.23. The summed E-state index contributed by atoms with van der Waals surface area (Å²) >= 11 is 0. The minimum atomic E-state index is 0.310. The molecule has 0 amide bonds. The van der Waals surface area contributed by atoms with Crippen LogP contribution in [-0.4, -0.2) is 5.78 Å². The maximum Gasteiger partial charge on any atom is 0.134 e. The largest absolute Gasteiger partial charge is 0.300 e. The Morgan fingerprint density at radius 2 is 1.87 bits per heavy atom. The smallest absolute Gasteiger partial charge is 0.134 e. The molecule has 1 aromatic rings. The SMILES string of the molecule is CC(=O)Cc1c2c(cc3c1CC3)CCC2. The summed E-state index contributed by atoms with van der Waals surface area (Å²) < 4.78 is 0. The molecule has 2 aliphatic carbocycles. The molecular formula is C14H16O. The van der Waals surface area contributed by atoms with Gasteiger partial charge in [-0.15, -0.1) is 0 Å². The van der Waals surface area contributed by atoms with Crippen LogP contribution >= 0.6 is 0 Å². The highest BCUT2D eigenvalue weighted by Crippen LogP contribution is 2.36. The molecule has 0 bridgehead atoms. The van der Waals surface area contributed by atoms with E-state index in [-0.39, 0.29) is 0 Å². The van der Waals surface area contributed by atoms with Gasteiger partial charge in [-0.3, -0.25) is 4.79 Å². The van der Waals surface area contributed by atoms with Gasteiger partial charge < -0.3 is 0 Å². The van der Waals surface area contributed by atoms with Crippen molar-refractivity contribution in [3.63, 3.8) is 0 Å². The Hall–Kier alpha value is -1.11. The first-order valence-corrected chi connectivity index (χ1v) is 5.90. The van der Waals surface area contributed by atoms with Gasteiger partial charge >= 0.3 is 0 Å². The van der Waals surface area contributed by atoms with Crippen LogP contribution < -0.4 is 0 Å². The van der Waals surface area contributed by atoms with Gasteiger partial charge in [-0.05, 0) is 66.8 Å². The number of Topliss-reactive ketones (excluding diaryl/α,β-unsaturated/α-hetero) is 1. The molecule has 0 saturated heterocycles. The number of rotatable bonds is 2. The third kappa shape index (κ3) is 1.33. The van der Waals surface area contributed by atoms with Crippen LogP contribution in [0.25, 0.3) is 0 Å². The molecule has 0 aromatic heterocycles. The van der Waals surface area contributed by atoms with Crippen molar-refractivity contribution < 1.29 is 4.79 Å². The highest BCUT2D eigenvalue weighted by atomic mass is 16.1. The maximum absolute atomic E-state index is 11.3. The molecular weight excluding hydrogens is 184 g/mol. The van der Waals surface area contributed by atoms with Gasteiger partial charge in [0.15, 0.2) is 0 Å². The van der Waals surface area contributed by atoms with E-state index in [1.54, 1.807) is 6.92 Å². The summed E-state index contributed by atoms with van der Waals surface area (Å²) in [6.07, 6.45) is 6.81. The Balaban J connectivity index is 2.14. The molecule has 3 rings (SSSR count). The molecule has 1 heteroatoms. The second kappa shape index (κ2) is 3.19. The third-order valence-corrected chi connectivity index (χ3v) is 3.80. The van der Waals surface area contributed by atoms with E-state index in [2.05, 4.69) is 6.07 Å². The van der Waals surface area contributed by atoms with Crippen LogP contribution in [0.2, 0.25) is 0 Å². The monoisotopic (exact) mass is 200 g/mol. The van der Waals surface area contributed by atoms with Gasteiger partial charge in [-0.2, -0.15) is 0 Å². The predicted octanol–water partition coefficient (Wildman–Crippen LogP) is 2.41. The zero-order chi connectivity index (χ0) is 10.4. The van der Waals surface area contributed by atoms with Crippen molar-refractivity contribution in [1.29, 1.82) is 0 Å². The van der Waals surface area contributed by atoms with Crippen molar-refractivity contribution in [3.8, 4) is 0 Å². The quantitative estimate of drug-likeness (QED) is 0.716. The highest BCUT2D eigenvalue weighted by Gasteiger charge is 2.25. The van der Waals surface area contributed by atoms with E-state index in [1.807, 2.05) is 0 Å². The Labute approximate surface area is 90.5 Å². The summed E-state index contributed by atoms with van der Waals surface area (Å²) in [6, 6.07) is 2.39. The van der Waals surface area contributed by atoms with Gasteiger partial charge in [0, 0.05) is 6.42 Å². The summed E-state index contributed by atoms with van der Waals surface area (Å²) in [7, 11) is 0. The van der Waals surface area contributed by atoms with E-state index in [1.165, 1.54) is 59.9 Å². The molecule has 78 valence electrons. The standard InChI is InChI=1S/C14H16O/c1-9(15)7-14-12-4-2-3-10(12)8-11-5-6-13(11)14/h8H,2-7H2,1H3. The molecule has 0 fully saturated rings.